The molecule has 0 rings (SSSR count). The monoisotopic (exact) mass is 155 g/mol. The lowest BCUT2D eigenvalue weighted by atomic mass is 10.2. The Morgan fingerprint density at radius 3 is 2.18 bits per heavy atom. The number of hydrogen-bond donors (Lipinski definition) is 0. The van der Waals surface area contributed by atoms with Crippen molar-refractivity contribution in [1.82, 2.24) is 0 Å². The quantitative estimate of drug-likeness (QED) is 0.397. The van der Waals surface area contributed by atoms with Gasteiger partial charge in [-0.2, -0.15) is 0 Å². The van der Waals surface area contributed by atoms with Gasteiger partial charge in [0.05, 0.1) is 6.61 Å². The predicted molar refractivity (Wildman–Crippen MR) is 48.1 cm³/mol. The normalized spacial score (nSPS) is 11.1. The van der Waals surface area contributed by atoms with E-state index in [-0.39, 0.29) is 6.61 Å². The van der Waals surface area contributed by atoms with Gasteiger partial charge in [0.15, 0.2) is 0 Å². The predicted octanol–water partition coefficient (Wildman–Crippen LogP) is 3.33. The van der Waals surface area contributed by atoms with E-state index in [4.69, 9.17) is 0 Å². The molecular weight excluding hydrogens is 136 g/mol. The Labute approximate surface area is 70.1 Å². The summed E-state index contributed by atoms with van der Waals surface area (Å²) in [6.45, 7) is 2.28. The van der Waals surface area contributed by atoms with Crippen LogP contribution < -0.4 is 0 Å². The van der Waals surface area contributed by atoms with Crippen molar-refractivity contribution in [3.05, 3.63) is 12.2 Å². The average molecular weight is 155 g/mol. The highest BCUT2D eigenvalue weighted by Gasteiger charge is 1.82. The molecule has 0 amide bonds. The van der Waals surface area contributed by atoms with Gasteiger partial charge in [-0.1, -0.05) is 31.9 Å². The van der Waals surface area contributed by atoms with Crippen molar-refractivity contribution in [3.63, 3.8) is 0 Å². The maximum Gasteiger partial charge on any atom is 0.0825 e. The average Bonchev–Trinajstić information content (AvgIpc) is 2.03. The lowest BCUT2D eigenvalue weighted by Crippen LogP contribution is -1.76. The SMILES string of the molecule is CCCCC/C=C/CCC[O]. The molecule has 1 heteroatoms. The van der Waals surface area contributed by atoms with Crippen molar-refractivity contribution in [1.29, 1.82) is 0 Å². The molecule has 1 nitrogen and oxygen atoms in total. The summed E-state index contributed by atoms with van der Waals surface area (Å²) in [5, 5.41) is 10.0. The van der Waals surface area contributed by atoms with E-state index in [0.717, 1.165) is 12.8 Å². The summed E-state index contributed by atoms with van der Waals surface area (Å²) in [4.78, 5) is 0. The van der Waals surface area contributed by atoms with Crippen molar-refractivity contribution in [2.24, 2.45) is 0 Å². The first-order valence-electron chi connectivity index (χ1n) is 4.65. The third-order valence-corrected chi connectivity index (χ3v) is 1.66. The van der Waals surface area contributed by atoms with Crippen LogP contribution in [0, 0.1) is 0 Å². The molecule has 0 aromatic rings. The van der Waals surface area contributed by atoms with Gasteiger partial charge in [-0.3, -0.25) is 0 Å². The van der Waals surface area contributed by atoms with Crippen LogP contribution in [-0.4, -0.2) is 6.61 Å². The highest BCUT2D eigenvalue weighted by Crippen LogP contribution is 2.00. The first-order chi connectivity index (χ1) is 5.41. The smallest absolute Gasteiger partial charge is 0.0825 e. The van der Waals surface area contributed by atoms with Crippen LogP contribution in [0.4, 0.5) is 0 Å². The molecule has 0 heterocycles. The summed E-state index contributed by atoms with van der Waals surface area (Å²) in [6.07, 6.45) is 11.2. The molecule has 0 saturated carbocycles. The second-order valence-corrected chi connectivity index (χ2v) is 2.81. The summed E-state index contributed by atoms with van der Waals surface area (Å²) >= 11 is 0. The number of unbranched alkanes of at least 4 members (excludes halogenated alkanes) is 4. The van der Waals surface area contributed by atoms with Gasteiger partial charge in [0, 0.05) is 0 Å². The molecule has 0 saturated heterocycles. The molecule has 1 radical (unpaired) electrons. The summed E-state index contributed by atoms with van der Waals surface area (Å²) in [6, 6.07) is 0. The zero-order valence-corrected chi connectivity index (χ0v) is 7.51. The standard InChI is InChI=1S/C10H19O/c1-2-3-4-5-6-7-8-9-10-11/h6-7H,2-5,8-10H2,1H3/b7-6+. The van der Waals surface area contributed by atoms with E-state index < -0.39 is 0 Å². The maximum atomic E-state index is 10.0. The van der Waals surface area contributed by atoms with Crippen molar-refractivity contribution in [2.75, 3.05) is 6.61 Å². The second-order valence-electron chi connectivity index (χ2n) is 2.81. The first-order valence-corrected chi connectivity index (χ1v) is 4.65. The fourth-order valence-electron chi connectivity index (χ4n) is 0.949. The second kappa shape index (κ2) is 9.70. The zero-order valence-electron chi connectivity index (χ0n) is 7.51. The molecule has 0 aliphatic rings. The minimum Gasteiger partial charge on any atom is -0.237 e. The van der Waals surface area contributed by atoms with Gasteiger partial charge in [-0.05, 0) is 25.7 Å². The van der Waals surface area contributed by atoms with Crippen LogP contribution in [0.2, 0.25) is 0 Å². The molecule has 0 fully saturated rings. The Morgan fingerprint density at radius 2 is 1.64 bits per heavy atom. The van der Waals surface area contributed by atoms with Crippen LogP contribution in [0.25, 0.3) is 0 Å². The highest BCUT2D eigenvalue weighted by atomic mass is 16.2. The Balaban J connectivity index is 2.91. The van der Waals surface area contributed by atoms with Gasteiger partial charge in [-0.15, -0.1) is 0 Å². The van der Waals surface area contributed by atoms with Gasteiger partial charge in [0.2, 0.25) is 0 Å². The molecule has 65 valence electrons. The molecule has 0 N–H and O–H groups in total. The first kappa shape index (κ1) is 10.7. The van der Waals surface area contributed by atoms with Gasteiger partial charge in [0.1, 0.15) is 0 Å². The van der Waals surface area contributed by atoms with Crippen LogP contribution >= 0.6 is 0 Å². The molecule has 0 bridgehead atoms. The summed E-state index contributed by atoms with van der Waals surface area (Å²) in [5.74, 6) is 0. The fourth-order valence-corrected chi connectivity index (χ4v) is 0.949. The van der Waals surface area contributed by atoms with Crippen LogP contribution in [0.1, 0.15) is 45.4 Å². The minimum absolute atomic E-state index is 0.0688. The molecular formula is C10H19O. The summed E-state index contributed by atoms with van der Waals surface area (Å²) in [5.41, 5.74) is 0. The fraction of sp³-hybridized carbons (Fsp3) is 0.800. The molecule has 0 aromatic heterocycles. The van der Waals surface area contributed by atoms with E-state index in [1.54, 1.807) is 0 Å². The van der Waals surface area contributed by atoms with Crippen molar-refractivity contribution >= 4 is 0 Å². The van der Waals surface area contributed by atoms with E-state index in [1.807, 2.05) is 0 Å². The van der Waals surface area contributed by atoms with Gasteiger partial charge in [-0.25, -0.2) is 5.11 Å². The molecule has 0 spiro atoms. The molecule has 0 aliphatic carbocycles. The molecule has 0 unspecified atom stereocenters. The van der Waals surface area contributed by atoms with E-state index in [9.17, 15) is 5.11 Å². The van der Waals surface area contributed by atoms with Crippen molar-refractivity contribution in [2.45, 2.75) is 45.4 Å². The molecule has 0 atom stereocenters. The van der Waals surface area contributed by atoms with Gasteiger partial charge < -0.3 is 0 Å². The Hall–Kier alpha value is -0.300. The van der Waals surface area contributed by atoms with E-state index in [1.165, 1.54) is 25.7 Å². The Kier molecular flexibility index (Phi) is 9.44. The van der Waals surface area contributed by atoms with E-state index >= 15 is 0 Å². The highest BCUT2D eigenvalue weighted by molar-refractivity contribution is 4.80. The van der Waals surface area contributed by atoms with Crippen LogP contribution in [0.5, 0.6) is 0 Å². The van der Waals surface area contributed by atoms with Gasteiger partial charge in [0.25, 0.3) is 0 Å². The third-order valence-electron chi connectivity index (χ3n) is 1.66. The van der Waals surface area contributed by atoms with Crippen LogP contribution in [0.3, 0.4) is 0 Å². The van der Waals surface area contributed by atoms with E-state index in [0.29, 0.717) is 0 Å². The van der Waals surface area contributed by atoms with E-state index in [2.05, 4.69) is 19.1 Å². The maximum absolute atomic E-state index is 10.0. The minimum atomic E-state index is 0.0688. The number of allylic oxidation sites excluding steroid dienone is 2. The zero-order chi connectivity index (χ0) is 8.36. The lowest BCUT2D eigenvalue weighted by Gasteiger charge is -1.91. The van der Waals surface area contributed by atoms with Crippen LogP contribution in [-0.2, 0) is 5.11 Å². The molecule has 0 aliphatic heterocycles. The third kappa shape index (κ3) is 9.70. The Bertz CT molecular complexity index is 86.9. The molecule has 11 heavy (non-hydrogen) atoms. The number of rotatable bonds is 7. The van der Waals surface area contributed by atoms with Crippen molar-refractivity contribution < 1.29 is 5.11 Å². The molecule has 0 aromatic carbocycles. The largest absolute Gasteiger partial charge is 0.237 e. The van der Waals surface area contributed by atoms with Crippen molar-refractivity contribution in [3.8, 4) is 0 Å². The topological polar surface area (TPSA) is 19.9 Å². The van der Waals surface area contributed by atoms with Gasteiger partial charge >= 0.3 is 0 Å². The Morgan fingerprint density at radius 1 is 1.00 bits per heavy atom. The van der Waals surface area contributed by atoms with Crippen LogP contribution in [0.15, 0.2) is 12.2 Å². The summed E-state index contributed by atoms with van der Waals surface area (Å²) in [7, 11) is 0. The number of hydrogen-bond acceptors (Lipinski definition) is 0. The lowest BCUT2D eigenvalue weighted by molar-refractivity contribution is 0.190. The summed E-state index contributed by atoms with van der Waals surface area (Å²) < 4.78 is 0.